The van der Waals surface area contributed by atoms with Crippen LogP contribution in [0.2, 0.25) is 0 Å². The second-order valence-corrected chi connectivity index (χ2v) is 4.52. The van der Waals surface area contributed by atoms with Gasteiger partial charge in [-0.1, -0.05) is 49.6 Å². The molecule has 86 valence electrons. The molecular formula is C14H18O2. The van der Waals surface area contributed by atoms with Gasteiger partial charge in [-0.3, -0.25) is 4.79 Å². The summed E-state index contributed by atoms with van der Waals surface area (Å²) in [5, 5.41) is 0. The summed E-state index contributed by atoms with van der Waals surface area (Å²) in [6.07, 6.45) is 4.78. The van der Waals surface area contributed by atoms with Gasteiger partial charge in [0.15, 0.2) is 0 Å². The summed E-state index contributed by atoms with van der Waals surface area (Å²) in [5.41, 5.74) is 1.08. The quantitative estimate of drug-likeness (QED) is 0.726. The molecule has 0 heterocycles. The van der Waals surface area contributed by atoms with E-state index in [-0.39, 0.29) is 11.9 Å². The predicted molar refractivity (Wildman–Crippen MR) is 63.2 cm³/mol. The molecule has 1 unspecified atom stereocenters. The molecule has 2 rings (SSSR count). The Morgan fingerprint density at radius 3 is 2.56 bits per heavy atom. The van der Waals surface area contributed by atoms with Crippen LogP contribution in [0.4, 0.5) is 0 Å². The molecule has 1 aliphatic carbocycles. The van der Waals surface area contributed by atoms with Gasteiger partial charge in [0.05, 0.1) is 13.0 Å². The molecule has 16 heavy (non-hydrogen) atoms. The van der Waals surface area contributed by atoms with E-state index in [1.54, 1.807) is 0 Å². The summed E-state index contributed by atoms with van der Waals surface area (Å²) in [4.78, 5) is 11.8. The highest BCUT2D eigenvalue weighted by atomic mass is 16.5. The molecule has 0 bridgehead atoms. The molecule has 2 nitrogen and oxygen atoms in total. The van der Waals surface area contributed by atoms with Crippen LogP contribution in [0.3, 0.4) is 0 Å². The lowest BCUT2D eigenvalue weighted by Crippen LogP contribution is -2.21. The lowest BCUT2D eigenvalue weighted by molar-refractivity contribution is -0.143. The largest absolute Gasteiger partial charge is 0.469 e. The van der Waals surface area contributed by atoms with Crippen molar-refractivity contribution >= 4 is 5.97 Å². The first kappa shape index (κ1) is 11.2. The van der Waals surface area contributed by atoms with Crippen molar-refractivity contribution in [2.24, 2.45) is 5.92 Å². The molecule has 1 fully saturated rings. The Morgan fingerprint density at radius 2 is 2.06 bits per heavy atom. The molecule has 1 aliphatic rings. The number of methoxy groups -OCH3 is 1. The molecule has 0 radical (unpaired) electrons. The van der Waals surface area contributed by atoms with Crippen LogP contribution in [0.5, 0.6) is 0 Å². The SMILES string of the molecule is COC(=O)C(CC1CCC1)c1ccccc1. The average Bonchev–Trinajstić information content (AvgIpc) is 2.28. The van der Waals surface area contributed by atoms with Crippen molar-refractivity contribution in [3.05, 3.63) is 35.9 Å². The monoisotopic (exact) mass is 218 g/mol. The van der Waals surface area contributed by atoms with Gasteiger partial charge in [0.25, 0.3) is 0 Å². The van der Waals surface area contributed by atoms with E-state index in [4.69, 9.17) is 4.74 Å². The Hall–Kier alpha value is -1.31. The van der Waals surface area contributed by atoms with Gasteiger partial charge in [-0.15, -0.1) is 0 Å². The van der Waals surface area contributed by atoms with Gasteiger partial charge in [-0.2, -0.15) is 0 Å². The predicted octanol–water partition coefficient (Wildman–Crippen LogP) is 3.13. The molecule has 0 spiro atoms. The topological polar surface area (TPSA) is 26.3 Å². The average molecular weight is 218 g/mol. The molecule has 1 atom stereocenters. The zero-order valence-corrected chi connectivity index (χ0v) is 9.69. The Bertz CT molecular complexity index is 341. The molecule has 0 aromatic heterocycles. The number of ether oxygens (including phenoxy) is 1. The van der Waals surface area contributed by atoms with Gasteiger partial charge >= 0.3 is 5.97 Å². The third-order valence-corrected chi connectivity index (χ3v) is 3.48. The summed E-state index contributed by atoms with van der Waals surface area (Å²) < 4.78 is 4.90. The first-order valence-corrected chi connectivity index (χ1v) is 5.94. The summed E-state index contributed by atoms with van der Waals surface area (Å²) in [6, 6.07) is 9.96. The van der Waals surface area contributed by atoms with Crippen molar-refractivity contribution in [3.63, 3.8) is 0 Å². The third-order valence-electron chi connectivity index (χ3n) is 3.48. The van der Waals surface area contributed by atoms with Crippen LogP contribution < -0.4 is 0 Å². The van der Waals surface area contributed by atoms with E-state index in [0.717, 1.165) is 12.0 Å². The molecule has 1 aromatic rings. The smallest absolute Gasteiger partial charge is 0.313 e. The molecule has 0 amide bonds. The van der Waals surface area contributed by atoms with Crippen LogP contribution in [0.15, 0.2) is 30.3 Å². The molecule has 1 saturated carbocycles. The van der Waals surface area contributed by atoms with E-state index >= 15 is 0 Å². The maximum atomic E-state index is 11.8. The molecule has 0 saturated heterocycles. The van der Waals surface area contributed by atoms with Crippen molar-refractivity contribution in [2.75, 3.05) is 7.11 Å². The molecule has 1 aromatic carbocycles. The van der Waals surface area contributed by atoms with E-state index in [2.05, 4.69) is 0 Å². The van der Waals surface area contributed by atoms with Crippen LogP contribution in [-0.4, -0.2) is 13.1 Å². The van der Waals surface area contributed by atoms with Gasteiger partial charge in [-0.25, -0.2) is 0 Å². The van der Waals surface area contributed by atoms with Crippen LogP contribution in [-0.2, 0) is 9.53 Å². The minimum absolute atomic E-state index is 0.0727. The highest BCUT2D eigenvalue weighted by Gasteiger charge is 2.28. The van der Waals surface area contributed by atoms with Gasteiger partial charge in [0.1, 0.15) is 0 Å². The van der Waals surface area contributed by atoms with E-state index in [9.17, 15) is 4.79 Å². The number of esters is 1. The number of carbonyl (C=O) groups is 1. The van der Waals surface area contributed by atoms with Crippen molar-refractivity contribution in [1.82, 2.24) is 0 Å². The number of hydrogen-bond donors (Lipinski definition) is 0. The van der Waals surface area contributed by atoms with Crippen molar-refractivity contribution in [3.8, 4) is 0 Å². The Balaban J connectivity index is 2.10. The van der Waals surface area contributed by atoms with E-state index < -0.39 is 0 Å². The Labute approximate surface area is 96.6 Å². The number of hydrogen-bond acceptors (Lipinski definition) is 2. The van der Waals surface area contributed by atoms with Crippen LogP contribution in [0.25, 0.3) is 0 Å². The van der Waals surface area contributed by atoms with Crippen LogP contribution in [0, 0.1) is 5.92 Å². The zero-order chi connectivity index (χ0) is 11.4. The number of rotatable bonds is 4. The summed E-state index contributed by atoms with van der Waals surface area (Å²) in [7, 11) is 1.47. The minimum atomic E-state index is -0.0990. The van der Waals surface area contributed by atoms with E-state index in [1.165, 1.54) is 26.4 Å². The summed E-state index contributed by atoms with van der Waals surface area (Å²) in [5.74, 6) is 0.541. The van der Waals surface area contributed by atoms with Crippen LogP contribution in [0.1, 0.15) is 37.2 Å². The maximum Gasteiger partial charge on any atom is 0.313 e. The van der Waals surface area contributed by atoms with E-state index in [0.29, 0.717) is 5.92 Å². The van der Waals surface area contributed by atoms with Gasteiger partial charge in [0.2, 0.25) is 0 Å². The van der Waals surface area contributed by atoms with Crippen molar-refractivity contribution in [2.45, 2.75) is 31.6 Å². The lowest BCUT2D eigenvalue weighted by Gasteiger charge is -2.28. The van der Waals surface area contributed by atoms with Crippen molar-refractivity contribution in [1.29, 1.82) is 0 Å². The summed E-state index contributed by atoms with van der Waals surface area (Å²) >= 11 is 0. The fourth-order valence-electron chi connectivity index (χ4n) is 2.26. The number of benzene rings is 1. The molecular weight excluding hydrogens is 200 g/mol. The molecule has 2 heteroatoms. The highest BCUT2D eigenvalue weighted by Crippen LogP contribution is 2.36. The normalized spacial score (nSPS) is 17.6. The highest BCUT2D eigenvalue weighted by molar-refractivity contribution is 5.78. The second kappa shape index (κ2) is 5.15. The summed E-state index contributed by atoms with van der Waals surface area (Å²) in [6.45, 7) is 0. The van der Waals surface area contributed by atoms with Gasteiger partial charge in [0, 0.05) is 0 Å². The fourth-order valence-corrected chi connectivity index (χ4v) is 2.26. The minimum Gasteiger partial charge on any atom is -0.469 e. The van der Waals surface area contributed by atoms with Crippen molar-refractivity contribution < 1.29 is 9.53 Å². The fraction of sp³-hybridized carbons (Fsp3) is 0.500. The van der Waals surface area contributed by atoms with Gasteiger partial charge < -0.3 is 4.74 Å². The lowest BCUT2D eigenvalue weighted by atomic mass is 9.77. The zero-order valence-electron chi connectivity index (χ0n) is 9.69. The number of carbonyl (C=O) groups excluding carboxylic acids is 1. The second-order valence-electron chi connectivity index (χ2n) is 4.52. The molecule has 0 N–H and O–H groups in total. The molecule has 0 aliphatic heterocycles. The maximum absolute atomic E-state index is 11.8. The van der Waals surface area contributed by atoms with Crippen LogP contribution >= 0.6 is 0 Å². The Kier molecular flexibility index (Phi) is 3.60. The first-order chi connectivity index (χ1) is 7.81. The van der Waals surface area contributed by atoms with E-state index in [1.807, 2.05) is 30.3 Å². The third kappa shape index (κ3) is 2.43. The standard InChI is InChI=1S/C14H18O2/c1-16-14(15)13(10-11-6-5-7-11)12-8-3-2-4-9-12/h2-4,8-9,11,13H,5-7,10H2,1H3. The van der Waals surface area contributed by atoms with Gasteiger partial charge in [-0.05, 0) is 17.9 Å². The Morgan fingerprint density at radius 1 is 1.38 bits per heavy atom. The first-order valence-electron chi connectivity index (χ1n) is 5.94.